The van der Waals surface area contributed by atoms with Crippen LogP contribution in [0.1, 0.15) is 29.2 Å². The average Bonchev–Trinajstić information content (AvgIpc) is 3.43. The number of aryl methyl sites for hydroxylation is 2. The van der Waals surface area contributed by atoms with E-state index >= 15 is 0 Å². The van der Waals surface area contributed by atoms with E-state index in [9.17, 15) is 18.0 Å². The molecule has 2 fully saturated rings. The van der Waals surface area contributed by atoms with Crippen LogP contribution in [-0.2, 0) is 21.9 Å². The summed E-state index contributed by atoms with van der Waals surface area (Å²) in [5.74, 6) is 0.602. The number of furan rings is 1. The second-order valence-corrected chi connectivity index (χ2v) is 9.90. The molecule has 0 N–H and O–H groups in total. The highest BCUT2D eigenvalue weighted by atomic mass is 32.2. The summed E-state index contributed by atoms with van der Waals surface area (Å²) in [6.45, 7) is 4.20. The van der Waals surface area contributed by atoms with Crippen molar-refractivity contribution in [2.45, 2.75) is 24.8 Å². The van der Waals surface area contributed by atoms with Gasteiger partial charge in [-0.05, 0) is 31.9 Å². The zero-order valence-electron chi connectivity index (χ0n) is 17.7. The number of sulfonamides is 1. The van der Waals surface area contributed by atoms with Crippen LogP contribution >= 0.6 is 0 Å². The van der Waals surface area contributed by atoms with Gasteiger partial charge in [0.2, 0.25) is 5.91 Å². The molecule has 168 valence electrons. The van der Waals surface area contributed by atoms with E-state index < -0.39 is 10.0 Å². The Morgan fingerprint density at radius 1 is 1.06 bits per heavy atom. The minimum Gasteiger partial charge on any atom is -0.459 e. The van der Waals surface area contributed by atoms with E-state index in [1.54, 1.807) is 40.5 Å². The first kappa shape index (κ1) is 21.6. The van der Waals surface area contributed by atoms with Gasteiger partial charge in [-0.2, -0.15) is 4.31 Å². The fraction of sp³-hybridized carbons (Fsp3) is 0.550. The van der Waals surface area contributed by atoms with E-state index in [1.165, 1.54) is 16.8 Å². The van der Waals surface area contributed by atoms with Crippen LogP contribution in [0.3, 0.4) is 0 Å². The molecule has 0 aliphatic carbocycles. The molecule has 0 spiro atoms. The largest absolute Gasteiger partial charge is 0.459 e. The van der Waals surface area contributed by atoms with Crippen LogP contribution < -0.4 is 0 Å². The van der Waals surface area contributed by atoms with E-state index in [0.717, 1.165) is 0 Å². The minimum absolute atomic E-state index is 0.0378. The molecule has 0 aromatic carbocycles. The van der Waals surface area contributed by atoms with Gasteiger partial charge in [0.1, 0.15) is 5.82 Å². The average molecular weight is 450 g/mol. The van der Waals surface area contributed by atoms with Gasteiger partial charge >= 0.3 is 0 Å². The zero-order chi connectivity index (χ0) is 22.2. The van der Waals surface area contributed by atoms with E-state index in [1.807, 2.05) is 0 Å². The molecule has 31 heavy (non-hydrogen) atoms. The van der Waals surface area contributed by atoms with Gasteiger partial charge in [0, 0.05) is 58.4 Å². The van der Waals surface area contributed by atoms with Crippen molar-refractivity contribution in [3.8, 4) is 0 Å². The first-order chi connectivity index (χ1) is 14.8. The van der Waals surface area contributed by atoms with Crippen molar-refractivity contribution in [1.82, 2.24) is 23.7 Å². The normalized spacial score (nSPS) is 19.0. The fourth-order valence-corrected chi connectivity index (χ4v) is 5.57. The predicted octanol–water partition coefficient (Wildman–Crippen LogP) is 0.707. The molecule has 2 aromatic heterocycles. The van der Waals surface area contributed by atoms with Gasteiger partial charge in [-0.3, -0.25) is 9.59 Å². The SMILES string of the molecule is Cc1nc(S(=O)(=O)N2CCC(C(=O)N3CCN(C(=O)c4ccco4)CC3)CC2)cn1C. The summed E-state index contributed by atoms with van der Waals surface area (Å²) in [4.78, 5) is 32.9. The van der Waals surface area contributed by atoms with Crippen LogP contribution in [0.2, 0.25) is 0 Å². The summed E-state index contributed by atoms with van der Waals surface area (Å²) in [6.07, 6.45) is 3.95. The molecule has 2 saturated heterocycles. The maximum Gasteiger partial charge on any atom is 0.289 e. The number of hydrogen-bond donors (Lipinski definition) is 0. The lowest BCUT2D eigenvalue weighted by atomic mass is 9.96. The van der Waals surface area contributed by atoms with Crippen molar-refractivity contribution in [2.24, 2.45) is 13.0 Å². The topological polar surface area (TPSA) is 109 Å². The zero-order valence-corrected chi connectivity index (χ0v) is 18.5. The molecule has 0 unspecified atom stereocenters. The van der Waals surface area contributed by atoms with Gasteiger partial charge in [-0.25, -0.2) is 13.4 Å². The molecular weight excluding hydrogens is 422 g/mol. The summed E-state index contributed by atoms with van der Waals surface area (Å²) in [7, 11) is -1.89. The smallest absolute Gasteiger partial charge is 0.289 e. The third-order valence-electron chi connectivity index (χ3n) is 6.10. The minimum atomic E-state index is -3.65. The molecule has 11 heteroatoms. The Morgan fingerprint density at radius 2 is 1.71 bits per heavy atom. The summed E-state index contributed by atoms with van der Waals surface area (Å²) in [6, 6.07) is 3.31. The second kappa shape index (κ2) is 8.46. The van der Waals surface area contributed by atoms with E-state index in [-0.39, 0.29) is 22.8 Å². The van der Waals surface area contributed by atoms with Gasteiger partial charge in [0.05, 0.1) is 6.26 Å². The molecule has 4 heterocycles. The number of hydrogen-bond acceptors (Lipinski definition) is 6. The van der Waals surface area contributed by atoms with Crippen molar-refractivity contribution in [2.75, 3.05) is 39.3 Å². The molecule has 0 bridgehead atoms. The Bertz CT molecular complexity index is 1030. The second-order valence-electron chi connectivity index (χ2n) is 8.01. The molecule has 0 radical (unpaired) electrons. The summed E-state index contributed by atoms with van der Waals surface area (Å²) in [5.41, 5.74) is 0. The van der Waals surface area contributed by atoms with Gasteiger partial charge in [0.25, 0.3) is 15.9 Å². The lowest BCUT2D eigenvalue weighted by molar-refractivity contribution is -0.138. The molecule has 2 aliphatic rings. The number of piperazine rings is 1. The Balaban J connectivity index is 1.30. The lowest BCUT2D eigenvalue weighted by Crippen LogP contribution is -2.53. The van der Waals surface area contributed by atoms with Crippen LogP contribution in [0, 0.1) is 12.8 Å². The molecule has 2 amide bonds. The number of rotatable bonds is 4. The van der Waals surface area contributed by atoms with Crippen molar-refractivity contribution >= 4 is 21.8 Å². The first-order valence-electron chi connectivity index (χ1n) is 10.4. The number of piperidine rings is 1. The highest BCUT2D eigenvalue weighted by molar-refractivity contribution is 7.89. The fourth-order valence-electron chi connectivity index (χ4n) is 4.07. The first-order valence-corrected chi connectivity index (χ1v) is 11.8. The van der Waals surface area contributed by atoms with Gasteiger partial charge in [-0.15, -0.1) is 0 Å². The van der Waals surface area contributed by atoms with Crippen molar-refractivity contribution in [3.05, 3.63) is 36.2 Å². The Kier molecular flexibility index (Phi) is 5.89. The van der Waals surface area contributed by atoms with Gasteiger partial charge in [0.15, 0.2) is 10.8 Å². The summed E-state index contributed by atoms with van der Waals surface area (Å²) in [5, 5.41) is 0.0506. The monoisotopic (exact) mass is 449 g/mol. The summed E-state index contributed by atoms with van der Waals surface area (Å²) >= 11 is 0. The van der Waals surface area contributed by atoms with Crippen LogP contribution in [0.15, 0.2) is 34.0 Å². The number of imidazole rings is 1. The lowest BCUT2D eigenvalue weighted by Gasteiger charge is -2.38. The Morgan fingerprint density at radius 3 is 2.26 bits per heavy atom. The van der Waals surface area contributed by atoms with Crippen LogP contribution in [0.4, 0.5) is 0 Å². The third kappa shape index (κ3) is 4.24. The number of nitrogens with zero attached hydrogens (tertiary/aromatic N) is 5. The van der Waals surface area contributed by atoms with Crippen molar-refractivity contribution < 1.29 is 22.4 Å². The molecule has 10 nitrogen and oxygen atoms in total. The maximum atomic E-state index is 13.0. The summed E-state index contributed by atoms with van der Waals surface area (Å²) < 4.78 is 33.9. The molecule has 0 atom stereocenters. The Labute approximate surface area is 181 Å². The van der Waals surface area contributed by atoms with E-state index in [0.29, 0.717) is 63.7 Å². The van der Waals surface area contributed by atoms with Crippen molar-refractivity contribution in [3.63, 3.8) is 0 Å². The Hall–Kier alpha value is -2.66. The standard InChI is InChI=1S/C20H27N5O5S/c1-15-21-18(14-22(15)2)31(28,29)25-7-5-16(6-8-25)19(26)23-9-11-24(12-10-23)20(27)17-4-3-13-30-17/h3-4,13-14,16H,5-12H2,1-2H3. The molecule has 2 aliphatic heterocycles. The number of aromatic nitrogens is 2. The molecular formula is C20H27N5O5S. The van der Waals surface area contributed by atoms with E-state index in [2.05, 4.69) is 4.98 Å². The van der Waals surface area contributed by atoms with Crippen LogP contribution in [0.25, 0.3) is 0 Å². The molecule has 2 aromatic rings. The van der Waals surface area contributed by atoms with Crippen LogP contribution in [0.5, 0.6) is 0 Å². The van der Waals surface area contributed by atoms with Crippen LogP contribution in [-0.4, -0.2) is 83.2 Å². The number of amides is 2. The maximum absolute atomic E-state index is 13.0. The molecule has 0 saturated carbocycles. The van der Waals surface area contributed by atoms with Crippen molar-refractivity contribution in [1.29, 1.82) is 0 Å². The highest BCUT2D eigenvalue weighted by Crippen LogP contribution is 2.25. The number of carbonyl (C=O) groups excluding carboxylic acids is 2. The third-order valence-corrected chi connectivity index (χ3v) is 7.87. The number of carbonyl (C=O) groups is 2. The van der Waals surface area contributed by atoms with E-state index in [4.69, 9.17) is 4.42 Å². The van der Waals surface area contributed by atoms with Gasteiger partial charge < -0.3 is 18.8 Å². The predicted molar refractivity (Wildman–Crippen MR) is 111 cm³/mol. The molecule has 4 rings (SSSR count). The highest BCUT2D eigenvalue weighted by Gasteiger charge is 2.36. The quantitative estimate of drug-likeness (QED) is 0.680. The van der Waals surface area contributed by atoms with Gasteiger partial charge in [-0.1, -0.05) is 0 Å².